The predicted octanol–water partition coefficient (Wildman–Crippen LogP) is 0.773. The molecule has 0 spiro atoms. The maximum absolute atomic E-state index is 9.20. The van der Waals surface area contributed by atoms with E-state index in [1.165, 1.54) is 19.3 Å². The van der Waals surface area contributed by atoms with Gasteiger partial charge in [0.05, 0.1) is 0 Å². The van der Waals surface area contributed by atoms with Crippen LogP contribution in [0.5, 0.6) is 0 Å². The van der Waals surface area contributed by atoms with E-state index in [0.29, 0.717) is 18.6 Å². The third kappa shape index (κ3) is 2.47. The quantitative estimate of drug-likeness (QED) is 0.705. The van der Waals surface area contributed by atoms with Gasteiger partial charge in [0.2, 0.25) is 0 Å². The Morgan fingerprint density at radius 1 is 1.21 bits per heavy atom. The fraction of sp³-hybridized carbons (Fsp3) is 1.00. The van der Waals surface area contributed by atoms with E-state index in [4.69, 9.17) is 4.74 Å². The molecule has 2 unspecified atom stereocenters. The summed E-state index contributed by atoms with van der Waals surface area (Å²) in [6.07, 6.45) is 4.78. The van der Waals surface area contributed by atoms with Crippen LogP contribution in [0.2, 0.25) is 0 Å². The van der Waals surface area contributed by atoms with E-state index in [1.807, 2.05) is 0 Å². The maximum atomic E-state index is 9.20. The van der Waals surface area contributed by atoms with Gasteiger partial charge in [-0.2, -0.15) is 0 Å². The lowest BCUT2D eigenvalue weighted by molar-refractivity contribution is 0.0580. The van der Waals surface area contributed by atoms with Gasteiger partial charge in [-0.15, -0.1) is 0 Å². The van der Waals surface area contributed by atoms with Crippen molar-refractivity contribution in [3.8, 4) is 0 Å². The summed E-state index contributed by atoms with van der Waals surface area (Å²) in [5.74, 6) is 1.31. The molecule has 82 valence electrons. The van der Waals surface area contributed by atoms with Crippen molar-refractivity contribution in [3.05, 3.63) is 0 Å². The lowest BCUT2D eigenvalue weighted by atomic mass is 9.88. The lowest BCUT2D eigenvalue weighted by Gasteiger charge is -2.27. The minimum absolute atomic E-state index is 0.348. The van der Waals surface area contributed by atoms with E-state index < -0.39 is 0 Å². The Balaban J connectivity index is 1.77. The zero-order chi connectivity index (χ0) is 9.80. The summed E-state index contributed by atoms with van der Waals surface area (Å²) in [5, 5.41) is 12.7. The third-order valence-electron chi connectivity index (χ3n) is 3.65. The minimum atomic E-state index is 0.348. The smallest absolute Gasteiger partial charge is 0.0474 e. The van der Waals surface area contributed by atoms with Crippen LogP contribution in [0.3, 0.4) is 0 Å². The third-order valence-corrected chi connectivity index (χ3v) is 3.65. The number of aliphatic hydroxyl groups is 1. The average molecular weight is 199 g/mol. The summed E-state index contributed by atoms with van der Waals surface area (Å²) in [7, 11) is 0. The Hall–Kier alpha value is -0.120. The average Bonchev–Trinajstić information content (AvgIpc) is 2.67. The molecule has 2 heterocycles. The molecule has 0 aromatic carbocycles. The Morgan fingerprint density at radius 2 is 2.00 bits per heavy atom. The van der Waals surface area contributed by atoms with Gasteiger partial charge in [-0.1, -0.05) is 0 Å². The van der Waals surface area contributed by atoms with Crippen molar-refractivity contribution >= 4 is 0 Å². The number of rotatable bonds is 3. The van der Waals surface area contributed by atoms with E-state index in [0.717, 1.165) is 32.1 Å². The summed E-state index contributed by atoms with van der Waals surface area (Å²) >= 11 is 0. The fourth-order valence-electron chi connectivity index (χ4n) is 2.66. The van der Waals surface area contributed by atoms with Gasteiger partial charge in [0, 0.05) is 25.9 Å². The number of aliphatic hydroxyl groups excluding tert-OH is 1. The van der Waals surface area contributed by atoms with Crippen LogP contribution >= 0.6 is 0 Å². The van der Waals surface area contributed by atoms with Crippen LogP contribution in [-0.4, -0.2) is 37.5 Å². The second-order valence-corrected chi connectivity index (χ2v) is 4.58. The SMILES string of the molecule is OCC1CCNC1CC1CCOCC1. The number of hydrogen-bond donors (Lipinski definition) is 2. The molecule has 2 N–H and O–H groups in total. The molecule has 0 bridgehead atoms. The molecule has 3 nitrogen and oxygen atoms in total. The molecule has 0 amide bonds. The van der Waals surface area contributed by atoms with Crippen molar-refractivity contribution in [1.82, 2.24) is 5.32 Å². The number of ether oxygens (including phenoxy) is 1. The van der Waals surface area contributed by atoms with Crippen molar-refractivity contribution in [3.63, 3.8) is 0 Å². The molecule has 2 saturated heterocycles. The van der Waals surface area contributed by atoms with Gasteiger partial charge in [-0.3, -0.25) is 0 Å². The van der Waals surface area contributed by atoms with E-state index >= 15 is 0 Å². The first-order chi connectivity index (χ1) is 6.90. The summed E-state index contributed by atoms with van der Waals surface area (Å²) in [4.78, 5) is 0. The molecule has 2 atom stereocenters. The van der Waals surface area contributed by atoms with E-state index in [1.54, 1.807) is 0 Å². The van der Waals surface area contributed by atoms with E-state index in [9.17, 15) is 5.11 Å². The Labute approximate surface area is 85.8 Å². The molecule has 0 saturated carbocycles. The van der Waals surface area contributed by atoms with Crippen LogP contribution in [0.1, 0.15) is 25.7 Å². The summed E-state index contributed by atoms with van der Waals surface area (Å²) in [5.41, 5.74) is 0. The van der Waals surface area contributed by atoms with Crippen LogP contribution in [-0.2, 0) is 4.74 Å². The van der Waals surface area contributed by atoms with Crippen LogP contribution in [0, 0.1) is 11.8 Å². The molecule has 14 heavy (non-hydrogen) atoms. The van der Waals surface area contributed by atoms with Gasteiger partial charge in [0.25, 0.3) is 0 Å². The number of hydrogen-bond acceptors (Lipinski definition) is 3. The van der Waals surface area contributed by atoms with Crippen molar-refractivity contribution < 1.29 is 9.84 Å². The second-order valence-electron chi connectivity index (χ2n) is 4.58. The highest BCUT2D eigenvalue weighted by molar-refractivity contribution is 4.85. The normalized spacial score (nSPS) is 34.9. The molecule has 0 radical (unpaired) electrons. The molecule has 2 fully saturated rings. The summed E-state index contributed by atoms with van der Waals surface area (Å²) < 4.78 is 5.35. The summed E-state index contributed by atoms with van der Waals surface area (Å²) in [6, 6.07) is 0.558. The molecule has 2 aliphatic heterocycles. The first kappa shape index (κ1) is 10.4. The molecular formula is C11H21NO2. The van der Waals surface area contributed by atoms with Crippen LogP contribution in [0.15, 0.2) is 0 Å². The summed E-state index contributed by atoms with van der Waals surface area (Å²) in [6.45, 7) is 3.29. The van der Waals surface area contributed by atoms with E-state index in [2.05, 4.69) is 5.32 Å². The van der Waals surface area contributed by atoms with Crippen molar-refractivity contribution in [2.45, 2.75) is 31.7 Å². The van der Waals surface area contributed by atoms with Gasteiger partial charge in [0.1, 0.15) is 0 Å². The van der Waals surface area contributed by atoms with Gasteiger partial charge in [0.15, 0.2) is 0 Å². The molecule has 0 aliphatic carbocycles. The second kappa shape index (κ2) is 5.10. The predicted molar refractivity (Wildman–Crippen MR) is 55.1 cm³/mol. The maximum Gasteiger partial charge on any atom is 0.0474 e. The van der Waals surface area contributed by atoms with E-state index in [-0.39, 0.29) is 0 Å². The van der Waals surface area contributed by atoms with Crippen molar-refractivity contribution in [2.24, 2.45) is 11.8 Å². The molecule has 3 heteroatoms. The first-order valence-corrected chi connectivity index (χ1v) is 5.82. The van der Waals surface area contributed by atoms with Crippen molar-refractivity contribution in [1.29, 1.82) is 0 Å². The largest absolute Gasteiger partial charge is 0.396 e. The zero-order valence-corrected chi connectivity index (χ0v) is 8.74. The van der Waals surface area contributed by atoms with Gasteiger partial charge in [-0.25, -0.2) is 0 Å². The minimum Gasteiger partial charge on any atom is -0.396 e. The van der Waals surface area contributed by atoms with Crippen LogP contribution in [0.4, 0.5) is 0 Å². The molecule has 0 aromatic rings. The zero-order valence-electron chi connectivity index (χ0n) is 8.74. The van der Waals surface area contributed by atoms with Crippen molar-refractivity contribution in [2.75, 3.05) is 26.4 Å². The topological polar surface area (TPSA) is 41.5 Å². The monoisotopic (exact) mass is 199 g/mol. The molecule has 2 rings (SSSR count). The highest BCUT2D eigenvalue weighted by atomic mass is 16.5. The van der Waals surface area contributed by atoms with Crippen LogP contribution < -0.4 is 5.32 Å². The lowest BCUT2D eigenvalue weighted by Crippen LogP contribution is -2.32. The molecular weight excluding hydrogens is 178 g/mol. The van der Waals surface area contributed by atoms with Gasteiger partial charge >= 0.3 is 0 Å². The molecule has 2 aliphatic rings. The van der Waals surface area contributed by atoms with Crippen LogP contribution in [0.25, 0.3) is 0 Å². The fourth-order valence-corrected chi connectivity index (χ4v) is 2.66. The highest BCUT2D eigenvalue weighted by Gasteiger charge is 2.28. The Bertz CT molecular complexity index is 169. The first-order valence-electron chi connectivity index (χ1n) is 5.82. The standard InChI is InChI=1S/C11H21NO2/c13-8-10-1-4-12-11(10)7-9-2-5-14-6-3-9/h9-13H,1-8H2. The number of nitrogens with one attached hydrogen (secondary N) is 1. The Morgan fingerprint density at radius 3 is 2.71 bits per heavy atom. The Kier molecular flexibility index (Phi) is 3.79. The van der Waals surface area contributed by atoms with Gasteiger partial charge < -0.3 is 15.2 Å². The van der Waals surface area contributed by atoms with Gasteiger partial charge in [-0.05, 0) is 44.1 Å². The highest BCUT2D eigenvalue weighted by Crippen LogP contribution is 2.26. The molecule has 0 aromatic heterocycles.